The van der Waals surface area contributed by atoms with Crippen molar-refractivity contribution in [3.63, 3.8) is 0 Å². The second-order valence-corrected chi connectivity index (χ2v) is 5.68. The molecular formula is C15H28N4. The number of imidazole rings is 1. The summed E-state index contributed by atoms with van der Waals surface area (Å²) in [6.45, 7) is 7.70. The van der Waals surface area contributed by atoms with Gasteiger partial charge >= 0.3 is 0 Å². The van der Waals surface area contributed by atoms with Crippen LogP contribution in [-0.2, 0) is 13.0 Å². The van der Waals surface area contributed by atoms with Crippen LogP contribution in [0.15, 0.2) is 6.33 Å². The van der Waals surface area contributed by atoms with Gasteiger partial charge in [0.2, 0.25) is 0 Å². The molecule has 1 aliphatic rings. The first-order valence-corrected chi connectivity index (χ1v) is 7.78. The third-order valence-corrected chi connectivity index (χ3v) is 4.18. The zero-order chi connectivity index (χ0) is 13.5. The molecule has 0 amide bonds. The second-order valence-electron chi connectivity index (χ2n) is 5.68. The predicted octanol–water partition coefficient (Wildman–Crippen LogP) is 2.23. The number of H-pyrrole nitrogens is 1. The number of hydrogen-bond acceptors (Lipinski definition) is 3. The Morgan fingerprint density at radius 2 is 2.37 bits per heavy atom. The van der Waals surface area contributed by atoms with Crippen LogP contribution in [0.1, 0.15) is 50.9 Å². The Bertz CT molecular complexity index is 361. The minimum atomic E-state index is 0.527. The van der Waals surface area contributed by atoms with Gasteiger partial charge in [-0.1, -0.05) is 33.1 Å². The lowest BCUT2D eigenvalue weighted by Gasteiger charge is -2.24. The average Bonchev–Trinajstić information content (AvgIpc) is 2.90. The molecule has 19 heavy (non-hydrogen) atoms. The lowest BCUT2D eigenvalue weighted by molar-refractivity contribution is 0.385. The molecule has 0 saturated carbocycles. The van der Waals surface area contributed by atoms with Gasteiger partial charge in [-0.3, -0.25) is 0 Å². The van der Waals surface area contributed by atoms with Crippen LogP contribution in [0.3, 0.4) is 0 Å². The molecule has 1 aromatic heterocycles. The van der Waals surface area contributed by atoms with Crippen molar-refractivity contribution in [2.75, 3.05) is 13.1 Å². The van der Waals surface area contributed by atoms with Gasteiger partial charge in [0.15, 0.2) is 0 Å². The zero-order valence-corrected chi connectivity index (χ0v) is 12.3. The summed E-state index contributed by atoms with van der Waals surface area (Å²) in [6, 6.07) is 0.527. The smallest absolute Gasteiger partial charge is 0.0925 e. The van der Waals surface area contributed by atoms with Crippen LogP contribution in [0, 0.1) is 5.92 Å². The molecule has 1 aromatic rings. The van der Waals surface area contributed by atoms with E-state index in [-0.39, 0.29) is 0 Å². The van der Waals surface area contributed by atoms with E-state index in [0.717, 1.165) is 32.0 Å². The summed E-state index contributed by atoms with van der Waals surface area (Å²) in [4.78, 5) is 7.57. The third-order valence-electron chi connectivity index (χ3n) is 4.18. The summed E-state index contributed by atoms with van der Waals surface area (Å²) in [5.41, 5.74) is 2.49. The van der Waals surface area contributed by atoms with Crippen molar-refractivity contribution in [3.05, 3.63) is 17.7 Å². The molecule has 2 rings (SSSR count). The molecule has 0 fully saturated rings. The van der Waals surface area contributed by atoms with E-state index in [1.807, 2.05) is 0 Å². The van der Waals surface area contributed by atoms with Crippen molar-refractivity contribution < 1.29 is 0 Å². The highest BCUT2D eigenvalue weighted by atomic mass is 15.0. The molecule has 1 aliphatic heterocycles. The number of nitrogens with zero attached hydrogens (tertiary/aromatic N) is 1. The summed E-state index contributed by atoms with van der Waals surface area (Å²) in [5, 5.41) is 7.20. The Labute approximate surface area is 116 Å². The maximum Gasteiger partial charge on any atom is 0.0925 e. The largest absolute Gasteiger partial charge is 0.347 e. The van der Waals surface area contributed by atoms with Crippen LogP contribution < -0.4 is 10.6 Å². The van der Waals surface area contributed by atoms with Crippen molar-refractivity contribution in [1.82, 2.24) is 20.6 Å². The van der Waals surface area contributed by atoms with E-state index in [2.05, 4.69) is 34.4 Å². The molecule has 2 heterocycles. The minimum absolute atomic E-state index is 0.527. The van der Waals surface area contributed by atoms with Gasteiger partial charge in [-0.25, -0.2) is 4.98 Å². The second kappa shape index (κ2) is 7.65. The SMILES string of the molecule is CCCCC(CC)CNCC1Cc2nc[nH]c2CN1. The van der Waals surface area contributed by atoms with Crippen LogP contribution in [-0.4, -0.2) is 29.1 Å². The van der Waals surface area contributed by atoms with E-state index in [1.54, 1.807) is 6.33 Å². The van der Waals surface area contributed by atoms with E-state index < -0.39 is 0 Å². The molecule has 4 nitrogen and oxygen atoms in total. The number of rotatable bonds is 8. The summed E-state index contributed by atoms with van der Waals surface area (Å²) < 4.78 is 0. The molecule has 0 spiro atoms. The first-order valence-electron chi connectivity index (χ1n) is 7.78. The Hall–Kier alpha value is -0.870. The fourth-order valence-corrected chi connectivity index (χ4v) is 2.78. The molecule has 0 radical (unpaired) electrons. The van der Waals surface area contributed by atoms with Crippen molar-refractivity contribution >= 4 is 0 Å². The maximum absolute atomic E-state index is 4.38. The average molecular weight is 264 g/mol. The van der Waals surface area contributed by atoms with Crippen molar-refractivity contribution in [2.45, 2.75) is 58.5 Å². The van der Waals surface area contributed by atoms with Crippen molar-refractivity contribution in [2.24, 2.45) is 5.92 Å². The zero-order valence-electron chi connectivity index (χ0n) is 12.3. The van der Waals surface area contributed by atoms with Gasteiger partial charge in [-0.05, 0) is 18.9 Å². The van der Waals surface area contributed by atoms with Gasteiger partial charge in [0.25, 0.3) is 0 Å². The molecule has 4 heteroatoms. The molecule has 2 atom stereocenters. The van der Waals surface area contributed by atoms with Gasteiger partial charge in [0.05, 0.1) is 17.7 Å². The van der Waals surface area contributed by atoms with Gasteiger partial charge in [0.1, 0.15) is 0 Å². The molecule has 0 bridgehead atoms. The molecular weight excluding hydrogens is 236 g/mol. The van der Waals surface area contributed by atoms with E-state index in [4.69, 9.17) is 0 Å². The fourth-order valence-electron chi connectivity index (χ4n) is 2.78. The van der Waals surface area contributed by atoms with Crippen molar-refractivity contribution in [1.29, 1.82) is 0 Å². The summed E-state index contributed by atoms with van der Waals surface area (Å²) >= 11 is 0. The standard InChI is InChI=1S/C15H28N4/c1-3-5-6-12(4-2)8-16-9-13-7-14-15(10-17-13)19-11-18-14/h11-13,16-17H,3-10H2,1-2H3,(H,18,19). The van der Waals surface area contributed by atoms with Crippen LogP contribution in [0.4, 0.5) is 0 Å². The molecule has 0 aromatic carbocycles. The molecule has 108 valence electrons. The number of hydrogen-bond donors (Lipinski definition) is 3. The van der Waals surface area contributed by atoms with Gasteiger partial charge in [-0.2, -0.15) is 0 Å². The number of nitrogens with one attached hydrogen (secondary N) is 3. The Morgan fingerprint density at radius 3 is 3.16 bits per heavy atom. The Balaban J connectivity index is 1.66. The first kappa shape index (κ1) is 14.5. The Kier molecular flexibility index (Phi) is 5.86. The number of aromatic nitrogens is 2. The van der Waals surface area contributed by atoms with Gasteiger partial charge < -0.3 is 15.6 Å². The van der Waals surface area contributed by atoms with E-state index >= 15 is 0 Å². The number of unbranched alkanes of at least 4 members (excludes halogenated alkanes) is 1. The van der Waals surface area contributed by atoms with Crippen molar-refractivity contribution in [3.8, 4) is 0 Å². The van der Waals surface area contributed by atoms with Crippen LogP contribution >= 0.6 is 0 Å². The number of aromatic amines is 1. The summed E-state index contributed by atoms with van der Waals surface area (Å²) in [5.74, 6) is 0.837. The van der Waals surface area contributed by atoms with Crippen LogP contribution in [0.5, 0.6) is 0 Å². The third kappa shape index (κ3) is 4.32. The lowest BCUT2D eigenvalue weighted by atomic mass is 9.99. The first-order chi connectivity index (χ1) is 9.33. The van der Waals surface area contributed by atoms with E-state index in [9.17, 15) is 0 Å². The van der Waals surface area contributed by atoms with Gasteiger partial charge in [-0.15, -0.1) is 0 Å². The lowest BCUT2D eigenvalue weighted by Crippen LogP contribution is -2.44. The Morgan fingerprint density at radius 1 is 1.47 bits per heavy atom. The van der Waals surface area contributed by atoms with Crippen LogP contribution in [0.25, 0.3) is 0 Å². The highest BCUT2D eigenvalue weighted by molar-refractivity contribution is 5.15. The molecule has 0 aliphatic carbocycles. The fraction of sp³-hybridized carbons (Fsp3) is 0.800. The highest BCUT2D eigenvalue weighted by Gasteiger charge is 2.19. The summed E-state index contributed by atoms with van der Waals surface area (Å²) in [6.07, 6.45) is 8.16. The normalized spacial score (nSPS) is 20.2. The number of fused-ring (bicyclic) bond motifs is 1. The quantitative estimate of drug-likeness (QED) is 0.675. The van der Waals surface area contributed by atoms with E-state index in [1.165, 1.54) is 37.1 Å². The monoisotopic (exact) mass is 264 g/mol. The minimum Gasteiger partial charge on any atom is -0.347 e. The van der Waals surface area contributed by atoms with Gasteiger partial charge in [0, 0.05) is 25.6 Å². The molecule has 2 unspecified atom stereocenters. The van der Waals surface area contributed by atoms with E-state index in [0.29, 0.717) is 6.04 Å². The van der Waals surface area contributed by atoms with Crippen LogP contribution in [0.2, 0.25) is 0 Å². The maximum atomic E-state index is 4.38. The molecule has 0 saturated heterocycles. The topological polar surface area (TPSA) is 52.7 Å². The molecule has 3 N–H and O–H groups in total. The summed E-state index contributed by atoms with van der Waals surface area (Å²) in [7, 11) is 0. The highest BCUT2D eigenvalue weighted by Crippen LogP contribution is 2.13. The predicted molar refractivity (Wildman–Crippen MR) is 79.1 cm³/mol.